The van der Waals surface area contributed by atoms with E-state index in [0.29, 0.717) is 16.8 Å². The number of fused-ring (bicyclic) bond motifs is 2. The zero-order valence-corrected chi connectivity index (χ0v) is 13.5. The van der Waals surface area contributed by atoms with E-state index < -0.39 is 0 Å². The van der Waals surface area contributed by atoms with Crippen molar-refractivity contribution >= 4 is 27.9 Å². The Morgan fingerprint density at radius 1 is 1.24 bits per heavy atom. The number of hydrogen-bond acceptors (Lipinski definition) is 5. The fourth-order valence-electron chi connectivity index (χ4n) is 2.63. The van der Waals surface area contributed by atoms with Crippen LogP contribution in [0.25, 0.3) is 22.0 Å². The van der Waals surface area contributed by atoms with Gasteiger partial charge in [0.1, 0.15) is 22.4 Å². The first-order valence-corrected chi connectivity index (χ1v) is 7.92. The maximum absolute atomic E-state index is 12.1. The maximum Gasteiger partial charge on any atom is 0.261 e. The zero-order chi connectivity index (χ0) is 17.2. The lowest BCUT2D eigenvalue weighted by Gasteiger charge is -2.11. The molecular weight excluding hydrogens is 320 g/mol. The van der Waals surface area contributed by atoms with Gasteiger partial charge in [-0.25, -0.2) is 0 Å². The number of nitrogens with one attached hydrogen (secondary N) is 1. The molecule has 0 fully saturated rings. The van der Waals surface area contributed by atoms with E-state index in [4.69, 9.17) is 9.25 Å². The van der Waals surface area contributed by atoms with Crippen molar-refractivity contribution in [2.75, 3.05) is 6.61 Å². The molecule has 7 nitrogen and oxygen atoms in total. The van der Waals surface area contributed by atoms with E-state index in [1.807, 2.05) is 61.5 Å². The molecule has 0 spiro atoms. The summed E-state index contributed by atoms with van der Waals surface area (Å²) in [7, 11) is 0. The predicted molar refractivity (Wildman–Crippen MR) is 91.7 cm³/mol. The minimum atomic E-state index is -0.271. The van der Waals surface area contributed by atoms with E-state index >= 15 is 0 Å². The van der Waals surface area contributed by atoms with Crippen molar-refractivity contribution in [3.8, 4) is 0 Å². The summed E-state index contributed by atoms with van der Waals surface area (Å²) in [5.41, 5.74) is 2.21. The molecule has 25 heavy (non-hydrogen) atoms. The van der Waals surface area contributed by atoms with E-state index in [2.05, 4.69) is 15.6 Å². The molecule has 0 aliphatic heterocycles. The van der Waals surface area contributed by atoms with E-state index in [1.165, 1.54) is 4.85 Å². The van der Waals surface area contributed by atoms with E-state index in [9.17, 15) is 4.79 Å². The first kappa shape index (κ1) is 15.2. The first-order chi connectivity index (χ1) is 12.2. The molecule has 0 unspecified atom stereocenters. The SMILES string of the molecule is C[C@@H](NC(=O)COn1nnc2ccccc21)c1cc2ccccc2o1. The fourth-order valence-corrected chi connectivity index (χ4v) is 2.63. The standard InChI is InChI=1S/C18H16N4O3/c1-12(17-10-13-6-2-5-9-16(13)25-17)19-18(23)11-24-22-15-8-4-3-7-14(15)20-21-22/h2-10,12H,11H2,1H3,(H,19,23)/t12-/m1/s1. The fraction of sp³-hybridized carbons (Fsp3) is 0.167. The van der Waals surface area contributed by atoms with Crippen LogP contribution in [0.15, 0.2) is 59.0 Å². The van der Waals surface area contributed by atoms with E-state index in [-0.39, 0.29) is 18.6 Å². The highest BCUT2D eigenvalue weighted by Crippen LogP contribution is 2.23. The van der Waals surface area contributed by atoms with Gasteiger partial charge in [-0.3, -0.25) is 4.79 Å². The average molecular weight is 336 g/mol. The minimum Gasteiger partial charge on any atom is -0.459 e. The number of nitrogens with zero attached hydrogens (tertiary/aromatic N) is 3. The van der Waals surface area contributed by atoms with Gasteiger partial charge < -0.3 is 14.6 Å². The molecule has 1 atom stereocenters. The monoisotopic (exact) mass is 336 g/mol. The quantitative estimate of drug-likeness (QED) is 0.605. The molecule has 2 aromatic carbocycles. The van der Waals surface area contributed by atoms with Crippen LogP contribution >= 0.6 is 0 Å². The number of amides is 1. The molecule has 0 bridgehead atoms. The molecular formula is C18H16N4O3. The van der Waals surface area contributed by atoms with Crippen LogP contribution in [0.2, 0.25) is 0 Å². The van der Waals surface area contributed by atoms with Crippen molar-refractivity contribution < 1.29 is 14.0 Å². The van der Waals surface area contributed by atoms with Crippen LogP contribution in [0.5, 0.6) is 0 Å². The summed E-state index contributed by atoms with van der Waals surface area (Å²) in [5, 5.41) is 11.7. The summed E-state index contributed by atoms with van der Waals surface area (Å²) < 4.78 is 5.76. The molecule has 0 aliphatic carbocycles. The average Bonchev–Trinajstić information content (AvgIpc) is 3.24. The van der Waals surface area contributed by atoms with Crippen LogP contribution in [0.1, 0.15) is 18.7 Å². The molecule has 2 aromatic heterocycles. The second-order valence-corrected chi connectivity index (χ2v) is 5.70. The highest BCUT2D eigenvalue weighted by molar-refractivity contribution is 5.80. The molecule has 7 heteroatoms. The number of carbonyl (C=O) groups excluding carboxylic acids is 1. The third-order valence-electron chi connectivity index (χ3n) is 3.89. The van der Waals surface area contributed by atoms with Gasteiger partial charge in [-0.15, -0.1) is 5.10 Å². The van der Waals surface area contributed by atoms with Gasteiger partial charge in [0, 0.05) is 5.39 Å². The first-order valence-electron chi connectivity index (χ1n) is 7.92. The molecule has 4 rings (SSSR count). The number of para-hydroxylation sites is 2. The van der Waals surface area contributed by atoms with Crippen molar-refractivity contribution in [2.45, 2.75) is 13.0 Å². The number of aromatic nitrogens is 3. The van der Waals surface area contributed by atoms with Crippen molar-refractivity contribution in [3.63, 3.8) is 0 Å². The van der Waals surface area contributed by atoms with E-state index in [0.717, 1.165) is 11.0 Å². The van der Waals surface area contributed by atoms with Gasteiger partial charge >= 0.3 is 0 Å². The Hall–Kier alpha value is -3.35. The summed E-state index contributed by atoms with van der Waals surface area (Å²) in [5.74, 6) is 0.424. The van der Waals surface area contributed by atoms with Crippen molar-refractivity contribution in [1.29, 1.82) is 0 Å². The van der Waals surface area contributed by atoms with Crippen LogP contribution < -0.4 is 10.2 Å². The third-order valence-corrected chi connectivity index (χ3v) is 3.89. The Bertz CT molecular complexity index is 1000. The molecule has 126 valence electrons. The maximum atomic E-state index is 12.1. The lowest BCUT2D eigenvalue weighted by molar-refractivity contribution is -0.127. The van der Waals surface area contributed by atoms with Gasteiger partial charge in [0.15, 0.2) is 6.61 Å². The molecule has 1 amide bonds. The van der Waals surface area contributed by atoms with Crippen LogP contribution in [0.4, 0.5) is 0 Å². The van der Waals surface area contributed by atoms with Crippen LogP contribution in [0, 0.1) is 0 Å². The Morgan fingerprint density at radius 2 is 2.04 bits per heavy atom. The second kappa shape index (κ2) is 6.27. The summed E-state index contributed by atoms with van der Waals surface area (Å²) in [6, 6.07) is 16.7. The number of rotatable bonds is 5. The number of benzene rings is 2. The second-order valence-electron chi connectivity index (χ2n) is 5.70. The van der Waals surface area contributed by atoms with Crippen molar-refractivity contribution in [3.05, 3.63) is 60.4 Å². The van der Waals surface area contributed by atoms with Crippen molar-refractivity contribution in [1.82, 2.24) is 20.5 Å². The van der Waals surface area contributed by atoms with Gasteiger partial charge in [-0.1, -0.05) is 35.2 Å². The van der Waals surface area contributed by atoms with Gasteiger partial charge in [0.2, 0.25) is 0 Å². The summed E-state index contributed by atoms with van der Waals surface area (Å²) in [4.78, 5) is 18.8. The van der Waals surface area contributed by atoms with E-state index in [1.54, 1.807) is 0 Å². The minimum absolute atomic E-state index is 0.169. The Labute approximate surface area is 143 Å². The summed E-state index contributed by atoms with van der Waals surface area (Å²) >= 11 is 0. The zero-order valence-electron chi connectivity index (χ0n) is 13.5. The molecule has 1 N–H and O–H groups in total. The van der Waals surface area contributed by atoms with Crippen LogP contribution in [0.3, 0.4) is 0 Å². The van der Waals surface area contributed by atoms with Gasteiger partial charge in [-0.05, 0) is 36.4 Å². The molecule has 0 saturated heterocycles. The lowest BCUT2D eigenvalue weighted by atomic mass is 10.2. The van der Waals surface area contributed by atoms with Gasteiger partial charge in [0.25, 0.3) is 5.91 Å². The number of hydrogen-bond donors (Lipinski definition) is 1. The predicted octanol–water partition coefficient (Wildman–Crippen LogP) is 2.48. The Morgan fingerprint density at radius 3 is 2.92 bits per heavy atom. The Balaban J connectivity index is 1.39. The topological polar surface area (TPSA) is 82.2 Å². The van der Waals surface area contributed by atoms with Gasteiger partial charge in [0.05, 0.1) is 6.04 Å². The Kier molecular flexibility index (Phi) is 3.81. The largest absolute Gasteiger partial charge is 0.459 e. The normalized spacial score (nSPS) is 12.4. The number of carbonyl (C=O) groups is 1. The molecule has 0 radical (unpaired) electrons. The van der Waals surface area contributed by atoms with Gasteiger partial charge in [-0.2, -0.15) is 0 Å². The number of furan rings is 1. The molecule has 0 saturated carbocycles. The molecule has 4 aromatic rings. The van der Waals surface area contributed by atoms with Crippen molar-refractivity contribution in [2.24, 2.45) is 0 Å². The smallest absolute Gasteiger partial charge is 0.261 e. The molecule has 0 aliphatic rings. The molecule has 2 heterocycles. The highest BCUT2D eigenvalue weighted by atomic mass is 16.7. The lowest BCUT2D eigenvalue weighted by Crippen LogP contribution is -2.33. The summed E-state index contributed by atoms with van der Waals surface area (Å²) in [6.45, 7) is 1.69. The third kappa shape index (κ3) is 3.03. The van der Waals surface area contributed by atoms with Crippen LogP contribution in [-0.4, -0.2) is 27.7 Å². The summed E-state index contributed by atoms with van der Waals surface area (Å²) in [6.07, 6.45) is 0. The van der Waals surface area contributed by atoms with Crippen LogP contribution in [-0.2, 0) is 4.79 Å². The highest BCUT2D eigenvalue weighted by Gasteiger charge is 2.15.